The highest BCUT2D eigenvalue weighted by atomic mass is 32.1. The van der Waals surface area contributed by atoms with Crippen molar-refractivity contribution in [1.82, 2.24) is 10.1 Å². The molecule has 0 aromatic carbocycles. The van der Waals surface area contributed by atoms with E-state index in [2.05, 4.69) is 5.16 Å². The number of hydrogen-bond donors (Lipinski definition) is 0. The summed E-state index contributed by atoms with van der Waals surface area (Å²) in [6.45, 7) is 1.16. The summed E-state index contributed by atoms with van der Waals surface area (Å²) in [5, 5.41) is 5.94. The number of thiophene rings is 1. The van der Waals surface area contributed by atoms with Crippen molar-refractivity contribution >= 4 is 23.2 Å². The topological polar surface area (TPSA) is 72.6 Å². The van der Waals surface area contributed by atoms with E-state index in [-0.39, 0.29) is 24.2 Å². The van der Waals surface area contributed by atoms with Gasteiger partial charge in [0.05, 0.1) is 30.0 Å². The lowest BCUT2D eigenvalue weighted by molar-refractivity contribution is -0.148. The van der Waals surface area contributed by atoms with Gasteiger partial charge in [0.15, 0.2) is 5.76 Å². The molecule has 0 unspecified atom stereocenters. The summed E-state index contributed by atoms with van der Waals surface area (Å²) in [5.74, 6) is 0.419. The first-order valence-corrected chi connectivity index (χ1v) is 8.40. The zero-order valence-electron chi connectivity index (χ0n) is 12.9. The quantitative estimate of drug-likeness (QED) is 0.803. The Labute approximate surface area is 138 Å². The van der Waals surface area contributed by atoms with Gasteiger partial charge >= 0.3 is 5.97 Å². The molecule has 2 aromatic heterocycles. The number of amides is 1. The molecule has 6 nitrogen and oxygen atoms in total. The average molecular weight is 334 g/mol. The van der Waals surface area contributed by atoms with Crippen molar-refractivity contribution in [3.63, 3.8) is 0 Å². The first-order valence-electron chi connectivity index (χ1n) is 7.52. The van der Waals surface area contributed by atoms with Gasteiger partial charge in [0, 0.05) is 19.2 Å². The van der Waals surface area contributed by atoms with Gasteiger partial charge in [-0.15, -0.1) is 11.3 Å². The molecule has 2 aromatic rings. The second kappa shape index (κ2) is 6.95. The van der Waals surface area contributed by atoms with E-state index in [4.69, 9.17) is 9.26 Å². The van der Waals surface area contributed by atoms with Crippen molar-refractivity contribution in [3.05, 3.63) is 29.3 Å². The number of rotatable bonds is 4. The SMILES string of the molecule is COC(=O)C1CCN(C(=O)Cc2cc(-c3cccs3)on2)CC1. The van der Waals surface area contributed by atoms with Crippen LogP contribution < -0.4 is 0 Å². The number of hydrogen-bond acceptors (Lipinski definition) is 6. The standard InChI is InChI=1S/C16H18N2O4S/c1-21-16(20)11-4-6-18(7-5-11)15(19)10-12-9-13(22-17-12)14-3-2-8-23-14/h2-3,8-9,11H,4-7,10H2,1H3. The third kappa shape index (κ3) is 3.61. The fourth-order valence-corrected chi connectivity index (χ4v) is 3.40. The van der Waals surface area contributed by atoms with Crippen LogP contribution >= 0.6 is 11.3 Å². The number of carbonyl (C=O) groups excluding carboxylic acids is 2. The normalized spacial score (nSPS) is 15.6. The van der Waals surface area contributed by atoms with Crippen molar-refractivity contribution in [2.75, 3.05) is 20.2 Å². The molecule has 1 saturated heterocycles. The minimum absolute atomic E-state index is 0.0133. The van der Waals surface area contributed by atoms with Crippen LogP contribution in [0, 0.1) is 5.92 Å². The Bertz CT molecular complexity index is 672. The molecule has 122 valence electrons. The summed E-state index contributed by atoms with van der Waals surface area (Å²) >= 11 is 1.57. The largest absolute Gasteiger partial charge is 0.469 e. The molecular formula is C16H18N2O4S. The maximum absolute atomic E-state index is 12.3. The molecule has 0 spiro atoms. The minimum Gasteiger partial charge on any atom is -0.469 e. The highest BCUT2D eigenvalue weighted by Gasteiger charge is 2.28. The molecule has 1 aliphatic heterocycles. The Hall–Kier alpha value is -2.15. The van der Waals surface area contributed by atoms with E-state index in [1.807, 2.05) is 23.6 Å². The van der Waals surface area contributed by atoms with Gasteiger partial charge in [-0.25, -0.2) is 0 Å². The van der Waals surface area contributed by atoms with Gasteiger partial charge in [0.25, 0.3) is 0 Å². The second-order valence-electron chi connectivity index (χ2n) is 5.51. The van der Waals surface area contributed by atoms with Crippen molar-refractivity contribution in [2.45, 2.75) is 19.3 Å². The number of nitrogens with zero attached hydrogens (tertiary/aromatic N) is 2. The minimum atomic E-state index is -0.186. The molecule has 1 amide bonds. The molecule has 0 bridgehead atoms. The van der Waals surface area contributed by atoms with Crippen LogP contribution in [-0.4, -0.2) is 42.1 Å². The molecule has 0 radical (unpaired) electrons. The predicted octanol–water partition coefficient (Wildman–Crippen LogP) is 2.36. The fraction of sp³-hybridized carbons (Fsp3) is 0.438. The van der Waals surface area contributed by atoms with E-state index in [0.29, 0.717) is 37.4 Å². The summed E-state index contributed by atoms with van der Waals surface area (Å²) in [7, 11) is 1.40. The molecular weight excluding hydrogens is 316 g/mol. The predicted molar refractivity (Wildman–Crippen MR) is 84.8 cm³/mol. The first kappa shape index (κ1) is 15.7. The zero-order valence-corrected chi connectivity index (χ0v) is 13.7. The van der Waals surface area contributed by atoms with Gasteiger partial charge in [-0.05, 0) is 24.3 Å². The third-order valence-electron chi connectivity index (χ3n) is 4.04. The van der Waals surface area contributed by atoms with E-state index in [9.17, 15) is 9.59 Å². The van der Waals surface area contributed by atoms with Gasteiger partial charge in [0.1, 0.15) is 0 Å². The van der Waals surface area contributed by atoms with E-state index in [0.717, 1.165) is 4.88 Å². The second-order valence-corrected chi connectivity index (χ2v) is 6.46. The van der Waals surface area contributed by atoms with Gasteiger partial charge < -0.3 is 14.2 Å². The molecule has 23 heavy (non-hydrogen) atoms. The summed E-state index contributed by atoms with van der Waals surface area (Å²) in [4.78, 5) is 26.6. The van der Waals surface area contributed by atoms with Crippen LogP contribution in [0.25, 0.3) is 10.6 Å². The van der Waals surface area contributed by atoms with Crippen LogP contribution in [0.2, 0.25) is 0 Å². The number of aromatic nitrogens is 1. The number of esters is 1. The molecule has 1 aliphatic rings. The van der Waals surface area contributed by atoms with Crippen molar-refractivity contribution in [1.29, 1.82) is 0 Å². The van der Waals surface area contributed by atoms with Crippen molar-refractivity contribution in [2.24, 2.45) is 5.92 Å². The Kier molecular flexibility index (Phi) is 4.76. The number of methoxy groups -OCH3 is 1. The molecule has 0 atom stereocenters. The molecule has 0 aliphatic carbocycles. The Morgan fingerprint density at radius 1 is 1.43 bits per heavy atom. The van der Waals surface area contributed by atoms with E-state index in [1.54, 1.807) is 16.2 Å². The summed E-state index contributed by atoms with van der Waals surface area (Å²) in [6, 6.07) is 5.71. The van der Waals surface area contributed by atoms with Crippen LogP contribution in [0.5, 0.6) is 0 Å². The summed E-state index contributed by atoms with van der Waals surface area (Å²) in [5.41, 5.74) is 0.633. The fourth-order valence-electron chi connectivity index (χ4n) is 2.73. The number of piperidine rings is 1. The number of carbonyl (C=O) groups is 2. The Balaban J connectivity index is 1.55. The summed E-state index contributed by atoms with van der Waals surface area (Å²) in [6.07, 6.45) is 1.52. The smallest absolute Gasteiger partial charge is 0.308 e. The van der Waals surface area contributed by atoms with E-state index < -0.39 is 0 Å². The van der Waals surface area contributed by atoms with Crippen LogP contribution in [0.3, 0.4) is 0 Å². The van der Waals surface area contributed by atoms with Gasteiger partial charge in [-0.1, -0.05) is 11.2 Å². The Morgan fingerprint density at radius 3 is 2.87 bits per heavy atom. The lowest BCUT2D eigenvalue weighted by atomic mass is 9.97. The monoisotopic (exact) mass is 334 g/mol. The van der Waals surface area contributed by atoms with Gasteiger partial charge in [-0.2, -0.15) is 0 Å². The average Bonchev–Trinajstić information content (AvgIpc) is 3.25. The van der Waals surface area contributed by atoms with Crippen molar-refractivity contribution < 1.29 is 18.8 Å². The third-order valence-corrected chi connectivity index (χ3v) is 4.92. The maximum atomic E-state index is 12.3. The molecule has 1 fully saturated rings. The molecule has 3 heterocycles. The molecule has 3 rings (SSSR count). The molecule has 0 saturated carbocycles. The van der Waals surface area contributed by atoms with E-state index in [1.165, 1.54) is 7.11 Å². The highest BCUT2D eigenvalue weighted by Crippen LogP contribution is 2.25. The number of ether oxygens (including phenoxy) is 1. The van der Waals surface area contributed by atoms with Crippen LogP contribution in [0.4, 0.5) is 0 Å². The van der Waals surface area contributed by atoms with Crippen LogP contribution in [0.1, 0.15) is 18.5 Å². The number of likely N-dealkylation sites (tertiary alicyclic amines) is 1. The van der Waals surface area contributed by atoms with E-state index >= 15 is 0 Å². The van der Waals surface area contributed by atoms with Crippen LogP contribution in [-0.2, 0) is 20.7 Å². The lowest BCUT2D eigenvalue weighted by Crippen LogP contribution is -2.41. The first-order chi connectivity index (χ1) is 11.2. The van der Waals surface area contributed by atoms with Gasteiger partial charge in [-0.3, -0.25) is 9.59 Å². The molecule has 0 N–H and O–H groups in total. The highest BCUT2D eigenvalue weighted by molar-refractivity contribution is 7.13. The summed E-state index contributed by atoms with van der Waals surface area (Å²) < 4.78 is 10.0. The Morgan fingerprint density at radius 2 is 2.22 bits per heavy atom. The van der Waals surface area contributed by atoms with Crippen molar-refractivity contribution in [3.8, 4) is 10.6 Å². The maximum Gasteiger partial charge on any atom is 0.308 e. The molecule has 7 heteroatoms. The van der Waals surface area contributed by atoms with Gasteiger partial charge in [0.2, 0.25) is 5.91 Å². The lowest BCUT2D eigenvalue weighted by Gasteiger charge is -2.30. The van der Waals surface area contributed by atoms with Crippen LogP contribution in [0.15, 0.2) is 28.1 Å². The zero-order chi connectivity index (χ0) is 16.2.